The number of halogens is 2. The van der Waals surface area contributed by atoms with Gasteiger partial charge in [0.2, 0.25) is 0 Å². The van der Waals surface area contributed by atoms with E-state index in [4.69, 9.17) is 23.2 Å². The zero-order valence-electron chi connectivity index (χ0n) is 9.17. The zero-order valence-corrected chi connectivity index (χ0v) is 12.3. The molecule has 0 saturated carbocycles. The first-order valence-corrected chi connectivity index (χ1v) is 7.58. The topological polar surface area (TPSA) is 37.8 Å². The van der Waals surface area contributed by atoms with E-state index in [-0.39, 0.29) is 0 Å². The molecule has 17 heavy (non-hydrogen) atoms. The predicted octanol–water partition coefficient (Wildman–Crippen LogP) is 3.73. The second-order valence-electron chi connectivity index (χ2n) is 3.34. The van der Waals surface area contributed by atoms with Gasteiger partial charge < -0.3 is 5.32 Å². The van der Waals surface area contributed by atoms with Crippen LogP contribution >= 0.6 is 45.9 Å². The summed E-state index contributed by atoms with van der Waals surface area (Å²) in [5.74, 6) is 0. The molecule has 0 unspecified atom stereocenters. The van der Waals surface area contributed by atoms with E-state index in [0.717, 1.165) is 35.1 Å². The van der Waals surface area contributed by atoms with Crippen LogP contribution in [0.3, 0.4) is 0 Å². The molecule has 0 aromatic carbocycles. The third kappa shape index (κ3) is 3.39. The summed E-state index contributed by atoms with van der Waals surface area (Å²) in [6.07, 6.45) is 0.890. The van der Waals surface area contributed by atoms with E-state index >= 15 is 0 Å². The molecule has 1 N–H and O–H groups in total. The van der Waals surface area contributed by atoms with Crippen LogP contribution in [0.5, 0.6) is 0 Å². The van der Waals surface area contributed by atoms with Crippen LogP contribution < -0.4 is 5.32 Å². The minimum absolute atomic E-state index is 0.671. The molecule has 0 aliphatic rings. The van der Waals surface area contributed by atoms with Crippen LogP contribution in [0.4, 0.5) is 0 Å². The average molecular weight is 308 g/mol. The van der Waals surface area contributed by atoms with Crippen molar-refractivity contribution in [2.24, 2.45) is 0 Å². The van der Waals surface area contributed by atoms with Crippen molar-refractivity contribution in [3.05, 3.63) is 19.7 Å². The molecule has 0 aliphatic heterocycles. The Balaban J connectivity index is 2.10. The maximum atomic E-state index is 6.08. The van der Waals surface area contributed by atoms with Gasteiger partial charge in [-0.15, -0.1) is 21.5 Å². The van der Waals surface area contributed by atoms with Crippen LogP contribution in [0.15, 0.2) is 6.07 Å². The average Bonchev–Trinajstić information content (AvgIpc) is 2.86. The number of thiophene rings is 1. The highest BCUT2D eigenvalue weighted by Crippen LogP contribution is 2.39. The van der Waals surface area contributed by atoms with Crippen LogP contribution in [0.2, 0.25) is 8.67 Å². The van der Waals surface area contributed by atoms with E-state index in [0.29, 0.717) is 8.67 Å². The van der Waals surface area contributed by atoms with Crippen LogP contribution in [0.25, 0.3) is 10.6 Å². The van der Waals surface area contributed by atoms with Crippen LogP contribution in [0, 0.1) is 0 Å². The van der Waals surface area contributed by atoms with Crippen molar-refractivity contribution in [3.8, 4) is 10.6 Å². The summed E-state index contributed by atoms with van der Waals surface area (Å²) in [7, 11) is 0. The summed E-state index contributed by atoms with van der Waals surface area (Å²) < 4.78 is 1.35. The highest BCUT2D eigenvalue weighted by molar-refractivity contribution is 7.21. The van der Waals surface area contributed by atoms with Crippen LogP contribution in [0.1, 0.15) is 11.9 Å². The SMILES string of the molecule is CCNCCc1nnc(-c2cc(Cl)sc2Cl)s1. The molecule has 2 rings (SSSR count). The van der Waals surface area contributed by atoms with E-state index < -0.39 is 0 Å². The lowest BCUT2D eigenvalue weighted by Gasteiger charge is -1.95. The molecule has 3 nitrogen and oxygen atoms in total. The number of hydrogen-bond acceptors (Lipinski definition) is 5. The Morgan fingerprint density at radius 1 is 1.29 bits per heavy atom. The molecule has 7 heteroatoms. The minimum atomic E-state index is 0.671. The van der Waals surface area contributed by atoms with Gasteiger partial charge in [0.1, 0.15) is 14.4 Å². The fraction of sp³-hybridized carbons (Fsp3) is 0.400. The van der Waals surface area contributed by atoms with Gasteiger partial charge in [0.05, 0.1) is 4.34 Å². The highest BCUT2D eigenvalue weighted by atomic mass is 35.5. The van der Waals surface area contributed by atoms with Crippen molar-refractivity contribution >= 4 is 45.9 Å². The smallest absolute Gasteiger partial charge is 0.150 e. The number of likely N-dealkylation sites (N-methyl/N-ethyl adjacent to an activating group) is 1. The molecule has 2 aromatic heterocycles. The van der Waals surface area contributed by atoms with Gasteiger partial charge in [-0.05, 0) is 12.6 Å². The van der Waals surface area contributed by atoms with Crippen molar-refractivity contribution in [1.29, 1.82) is 0 Å². The van der Waals surface area contributed by atoms with Crippen molar-refractivity contribution in [3.63, 3.8) is 0 Å². The molecule has 92 valence electrons. The summed E-state index contributed by atoms with van der Waals surface area (Å²) in [5, 5.41) is 13.4. The van der Waals surface area contributed by atoms with Crippen molar-refractivity contribution in [2.45, 2.75) is 13.3 Å². The van der Waals surface area contributed by atoms with Crippen LogP contribution in [-0.2, 0) is 6.42 Å². The van der Waals surface area contributed by atoms with E-state index in [1.807, 2.05) is 6.07 Å². The normalized spacial score (nSPS) is 11.0. The molecule has 0 spiro atoms. The maximum Gasteiger partial charge on any atom is 0.150 e. The Morgan fingerprint density at radius 2 is 2.12 bits per heavy atom. The first-order valence-electron chi connectivity index (χ1n) is 5.19. The molecule has 0 atom stereocenters. The van der Waals surface area contributed by atoms with Gasteiger partial charge in [-0.2, -0.15) is 0 Å². The number of nitrogens with one attached hydrogen (secondary N) is 1. The lowest BCUT2D eigenvalue weighted by atomic mass is 10.4. The third-order valence-electron chi connectivity index (χ3n) is 2.12. The first kappa shape index (κ1) is 13.2. The Morgan fingerprint density at radius 3 is 2.76 bits per heavy atom. The number of nitrogens with zero attached hydrogens (tertiary/aromatic N) is 2. The maximum absolute atomic E-state index is 6.08. The van der Waals surface area contributed by atoms with Crippen LogP contribution in [-0.4, -0.2) is 23.3 Å². The van der Waals surface area contributed by atoms with Gasteiger partial charge in [-0.25, -0.2) is 0 Å². The van der Waals surface area contributed by atoms with Gasteiger partial charge >= 0.3 is 0 Å². The highest BCUT2D eigenvalue weighted by Gasteiger charge is 2.13. The summed E-state index contributed by atoms with van der Waals surface area (Å²) in [6.45, 7) is 3.97. The molecule has 2 heterocycles. The Kier molecular flexibility index (Phi) is 4.76. The molecular weight excluding hydrogens is 297 g/mol. The monoisotopic (exact) mass is 307 g/mol. The third-order valence-corrected chi connectivity index (χ3v) is 4.62. The van der Waals surface area contributed by atoms with E-state index in [1.54, 1.807) is 11.3 Å². The number of hydrogen-bond donors (Lipinski definition) is 1. The predicted molar refractivity (Wildman–Crippen MR) is 75.5 cm³/mol. The Bertz CT molecular complexity index is 495. The summed E-state index contributed by atoms with van der Waals surface area (Å²) in [4.78, 5) is 0. The lowest BCUT2D eigenvalue weighted by Crippen LogP contribution is -2.15. The van der Waals surface area contributed by atoms with Gasteiger partial charge in [-0.1, -0.05) is 41.5 Å². The number of rotatable bonds is 5. The quantitative estimate of drug-likeness (QED) is 0.855. The first-order chi connectivity index (χ1) is 8.20. The standard InChI is InChI=1S/C10H11Cl2N3S2/c1-2-13-4-3-8-14-15-10(17-8)6-5-7(11)16-9(6)12/h5,13H,2-4H2,1H3. The summed E-state index contributed by atoms with van der Waals surface area (Å²) in [5.41, 5.74) is 0.883. The minimum Gasteiger partial charge on any atom is -0.317 e. The molecule has 0 fully saturated rings. The molecule has 0 radical (unpaired) electrons. The molecule has 0 saturated heterocycles. The lowest BCUT2D eigenvalue weighted by molar-refractivity contribution is 0.710. The van der Waals surface area contributed by atoms with Gasteiger partial charge in [0.25, 0.3) is 0 Å². The fourth-order valence-electron chi connectivity index (χ4n) is 1.32. The number of aromatic nitrogens is 2. The second kappa shape index (κ2) is 6.11. The zero-order chi connectivity index (χ0) is 12.3. The Hall–Kier alpha value is -0.200. The molecule has 0 amide bonds. The second-order valence-corrected chi connectivity index (χ2v) is 6.69. The molecule has 0 aliphatic carbocycles. The van der Waals surface area contributed by atoms with E-state index in [9.17, 15) is 0 Å². The van der Waals surface area contributed by atoms with Gasteiger partial charge in [-0.3, -0.25) is 0 Å². The fourth-order valence-corrected chi connectivity index (χ4v) is 3.77. The van der Waals surface area contributed by atoms with Gasteiger partial charge in [0, 0.05) is 18.5 Å². The summed E-state index contributed by atoms with van der Waals surface area (Å²) >= 11 is 14.9. The van der Waals surface area contributed by atoms with Crippen molar-refractivity contribution in [2.75, 3.05) is 13.1 Å². The molecule has 2 aromatic rings. The van der Waals surface area contributed by atoms with Gasteiger partial charge in [0.15, 0.2) is 0 Å². The van der Waals surface area contributed by atoms with E-state index in [2.05, 4.69) is 22.4 Å². The summed E-state index contributed by atoms with van der Waals surface area (Å²) in [6, 6.07) is 1.84. The Labute approximate surface area is 118 Å². The van der Waals surface area contributed by atoms with Crippen molar-refractivity contribution in [1.82, 2.24) is 15.5 Å². The van der Waals surface area contributed by atoms with E-state index in [1.165, 1.54) is 11.3 Å². The van der Waals surface area contributed by atoms with Crippen molar-refractivity contribution < 1.29 is 0 Å². The molecular formula is C10H11Cl2N3S2. The molecule has 0 bridgehead atoms. The largest absolute Gasteiger partial charge is 0.317 e.